The van der Waals surface area contributed by atoms with Gasteiger partial charge in [0.1, 0.15) is 0 Å². The summed E-state index contributed by atoms with van der Waals surface area (Å²) in [6.45, 7) is 2.84. The monoisotopic (exact) mass is 393 g/mol. The predicted molar refractivity (Wildman–Crippen MR) is 105 cm³/mol. The highest BCUT2D eigenvalue weighted by molar-refractivity contribution is 7.99. The average molecular weight is 394 g/mol. The summed E-state index contributed by atoms with van der Waals surface area (Å²) in [7, 11) is 0. The van der Waals surface area contributed by atoms with Crippen LogP contribution in [-0.2, 0) is 10.5 Å². The molecule has 1 saturated carbocycles. The van der Waals surface area contributed by atoms with Crippen LogP contribution in [0.15, 0.2) is 28.8 Å². The summed E-state index contributed by atoms with van der Waals surface area (Å²) in [5.41, 5.74) is 0.725. The molecule has 140 valence electrons. The van der Waals surface area contributed by atoms with Crippen LogP contribution in [0.4, 0.5) is 0 Å². The van der Waals surface area contributed by atoms with E-state index >= 15 is 0 Å². The van der Waals surface area contributed by atoms with Gasteiger partial charge >= 0.3 is 0 Å². The van der Waals surface area contributed by atoms with E-state index in [0.717, 1.165) is 24.9 Å². The van der Waals surface area contributed by atoms with Crippen LogP contribution in [0.3, 0.4) is 0 Å². The van der Waals surface area contributed by atoms with Crippen molar-refractivity contribution in [3.8, 4) is 11.5 Å². The third kappa shape index (κ3) is 4.80. The SMILES string of the molecule is CCN(C(=O)CSCc1noc(-c2ccccc2Cl)n1)C1CCCCC1. The van der Waals surface area contributed by atoms with Crippen LogP contribution < -0.4 is 0 Å². The molecule has 1 aliphatic carbocycles. The first-order chi connectivity index (χ1) is 12.7. The smallest absolute Gasteiger partial charge is 0.259 e. The second-order valence-corrected chi connectivity index (χ2v) is 7.85. The van der Waals surface area contributed by atoms with E-state index in [1.54, 1.807) is 6.07 Å². The topological polar surface area (TPSA) is 59.2 Å². The molecule has 0 spiro atoms. The summed E-state index contributed by atoms with van der Waals surface area (Å²) >= 11 is 7.68. The fraction of sp³-hybridized carbons (Fsp3) is 0.526. The number of rotatable bonds is 7. The maximum absolute atomic E-state index is 12.6. The number of amides is 1. The standard InChI is InChI=1S/C19H24ClN3O2S/c1-2-23(14-8-4-3-5-9-14)18(24)13-26-12-17-21-19(25-22-17)15-10-6-7-11-16(15)20/h6-7,10-11,14H,2-5,8-9,12-13H2,1H3. The Morgan fingerprint density at radius 2 is 2.08 bits per heavy atom. The lowest BCUT2D eigenvalue weighted by atomic mass is 9.94. The van der Waals surface area contributed by atoms with E-state index in [1.807, 2.05) is 23.1 Å². The minimum Gasteiger partial charge on any atom is -0.339 e. The average Bonchev–Trinajstić information content (AvgIpc) is 3.12. The molecule has 1 aromatic carbocycles. The van der Waals surface area contributed by atoms with Gasteiger partial charge in [-0.1, -0.05) is 48.2 Å². The lowest BCUT2D eigenvalue weighted by molar-refractivity contribution is -0.131. The molecule has 1 heterocycles. The Bertz CT molecular complexity index is 731. The highest BCUT2D eigenvalue weighted by atomic mass is 35.5. The van der Waals surface area contributed by atoms with Crippen molar-refractivity contribution < 1.29 is 9.32 Å². The fourth-order valence-corrected chi connectivity index (χ4v) is 4.36. The van der Waals surface area contributed by atoms with Crippen molar-refractivity contribution in [3.63, 3.8) is 0 Å². The van der Waals surface area contributed by atoms with E-state index in [9.17, 15) is 4.79 Å². The van der Waals surface area contributed by atoms with Gasteiger partial charge in [-0.05, 0) is 31.9 Å². The van der Waals surface area contributed by atoms with Gasteiger partial charge in [-0.15, -0.1) is 11.8 Å². The Balaban J connectivity index is 1.51. The minimum absolute atomic E-state index is 0.208. The van der Waals surface area contributed by atoms with Gasteiger partial charge in [-0.3, -0.25) is 4.79 Å². The van der Waals surface area contributed by atoms with Gasteiger partial charge < -0.3 is 9.42 Å². The van der Waals surface area contributed by atoms with Gasteiger partial charge in [0, 0.05) is 12.6 Å². The van der Waals surface area contributed by atoms with E-state index in [1.165, 1.54) is 31.0 Å². The molecule has 0 atom stereocenters. The third-order valence-corrected chi connectivity index (χ3v) is 5.95. The lowest BCUT2D eigenvalue weighted by Crippen LogP contribution is -2.42. The second kappa shape index (κ2) is 9.42. The molecule has 0 saturated heterocycles. The first kappa shape index (κ1) is 19.2. The summed E-state index contributed by atoms with van der Waals surface area (Å²) in [6.07, 6.45) is 6.03. The van der Waals surface area contributed by atoms with Crippen LogP contribution in [0.25, 0.3) is 11.5 Å². The van der Waals surface area contributed by atoms with Crippen molar-refractivity contribution in [2.75, 3.05) is 12.3 Å². The van der Waals surface area contributed by atoms with Crippen LogP contribution in [-0.4, -0.2) is 39.3 Å². The Morgan fingerprint density at radius 3 is 2.81 bits per heavy atom. The molecule has 5 nitrogen and oxygen atoms in total. The molecule has 0 bridgehead atoms. The number of benzene rings is 1. The van der Waals surface area contributed by atoms with Crippen molar-refractivity contribution in [3.05, 3.63) is 35.1 Å². The number of carbonyl (C=O) groups excluding carboxylic acids is 1. The van der Waals surface area contributed by atoms with Crippen LogP contribution in [0.1, 0.15) is 44.9 Å². The van der Waals surface area contributed by atoms with Crippen molar-refractivity contribution >= 4 is 29.3 Å². The Morgan fingerprint density at radius 1 is 1.31 bits per heavy atom. The molecule has 1 amide bonds. The number of hydrogen-bond donors (Lipinski definition) is 0. The van der Waals surface area contributed by atoms with Crippen molar-refractivity contribution in [1.29, 1.82) is 0 Å². The lowest BCUT2D eigenvalue weighted by Gasteiger charge is -2.33. The summed E-state index contributed by atoms with van der Waals surface area (Å²) in [5.74, 6) is 2.19. The first-order valence-electron chi connectivity index (χ1n) is 9.13. The number of aromatic nitrogens is 2. The quantitative estimate of drug-likeness (QED) is 0.675. The number of halogens is 1. The molecule has 26 heavy (non-hydrogen) atoms. The van der Waals surface area contributed by atoms with E-state index in [0.29, 0.717) is 34.3 Å². The van der Waals surface area contributed by atoms with E-state index in [4.69, 9.17) is 16.1 Å². The normalized spacial score (nSPS) is 15.2. The molecular formula is C19H24ClN3O2S. The van der Waals surface area contributed by atoms with E-state index < -0.39 is 0 Å². The zero-order valence-electron chi connectivity index (χ0n) is 15.0. The van der Waals surface area contributed by atoms with Gasteiger partial charge in [0.15, 0.2) is 5.82 Å². The molecule has 1 aliphatic rings. The summed E-state index contributed by atoms with van der Waals surface area (Å²) < 4.78 is 5.30. The summed E-state index contributed by atoms with van der Waals surface area (Å²) in [4.78, 5) is 19.0. The third-order valence-electron chi connectivity index (χ3n) is 4.71. The summed E-state index contributed by atoms with van der Waals surface area (Å²) in [6, 6.07) is 7.79. The number of carbonyl (C=O) groups is 1. The Labute approximate surface area is 163 Å². The zero-order valence-corrected chi connectivity index (χ0v) is 16.6. The van der Waals surface area contributed by atoms with Crippen molar-refractivity contribution in [2.45, 2.75) is 50.8 Å². The Hall–Kier alpha value is -1.53. The first-order valence-corrected chi connectivity index (χ1v) is 10.7. The molecule has 1 fully saturated rings. The number of nitrogens with zero attached hydrogens (tertiary/aromatic N) is 3. The van der Waals surface area contributed by atoms with Gasteiger partial charge in [-0.2, -0.15) is 4.98 Å². The molecule has 0 aliphatic heterocycles. The maximum Gasteiger partial charge on any atom is 0.259 e. The maximum atomic E-state index is 12.6. The van der Waals surface area contributed by atoms with E-state index in [-0.39, 0.29) is 5.91 Å². The zero-order chi connectivity index (χ0) is 18.4. The highest BCUT2D eigenvalue weighted by Gasteiger charge is 2.24. The molecule has 1 aromatic heterocycles. The molecule has 0 radical (unpaired) electrons. The van der Waals surface area contributed by atoms with Gasteiger partial charge in [-0.25, -0.2) is 0 Å². The Kier molecular flexibility index (Phi) is 6.97. The van der Waals surface area contributed by atoms with Crippen molar-refractivity contribution in [2.24, 2.45) is 0 Å². The van der Waals surface area contributed by atoms with Crippen LogP contribution in [0.5, 0.6) is 0 Å². The minimum atomic E-state index is 0.208. The molecule has 0 N–H and O–H groups in total. The van der Waals surface area contributed by atoms with E-state index in [2.05, 4.69) is 17.1 Å². The number of hydrogen-bond acceptors (Lipinski definition) is 5. The van der Waals surface area contributed by atoms with Gasteiger partial charge in [0.25, 0.3) is 5.89 Å². The predicted octanol–water partition coefficient (Wildman–Crippen LogP) is 4.80. The molecule has 0 unspecified atom stereocenters. The van der Waals surface area contributed by atoms with Gasteiger partial charge in [0.2, 0.25) is 5.91 Å². The van der Waals surface area contributed by atoms with Gasteiger partial charge in [0.05, 0.1) is 22.1 Å². The highest BCUT2D eigenvalue weighted by Crippen LogP contribution is 2.27. The largest absolute Gasteiger partial charge is 0.339 e. The molecule has 2 aromatic rings. The van der Waals surface area contributed by atoms with Crippen LogP contribution in [0, 0.1) is 0 Å². The fourth-order valence-electron chi connectivity index (χ4n) is 3.40. The number of thioether (sulfide) groups is 1. The van der Waals surface area contributed by atoms with Crippen LogP contribution in [0.2, 0.25) is 5.02 Å². The van der Waals surface area contributed by atoms with Crippen LogP contribution >= 0.6 is 23.4 Å². The summed E-state index contributed by atoms with van der Waals surface area (Å²) in [5, 5.41) is 4.58. The molecule has 7 heteroatoms. The molecule has 3 rings (SSSR count). The molecular weight excluding hydrogens is 370 g/mol. The second-order valence-electron chi connectivity index (χ2n) is 6.46. The van der Waals surface area contributed by atoms with Crippen molar-refractivity contribution in [1.82, 2.24) is 15.0 Å².